The lowest BCUT2D eigenvalue weighted by Crippen LogP contribution is -2.34. The summed E-state index contributed by atoms with van der Waals surface area (Å²) < 4.78 is 5.15. The first-order chi connectivity index (χ1) is 8.08. The average molecular weight is 242 g/mol. The number of hydrogen-bond acceptors (Lipinski definition) is 5. The predicted octanol–water partition coefficient (Wildman–Crippen LogP) is -0.251. The molecule has 0 aliphatic heterocycles. The summed E-state index contributed by atoms with van der Waals surface area (Å²) in [5.41, 5.74) is 12.3. The van der Waals surface area contributed by atoms with Crippen molar-refractivity contribution in [2.24, 2.45) is 16.5 Å². The maximum atomic E-state index is 11.3. The quantitative estimate of drug-likeness (QED) is 0.310. The zero-order valence-electron chi connectivity index (χ0n) is 10.7. The fourth-order valence-electron chi connectivity index (χ4n) is 1.32. The van der Waals surface area contributed by atoms with E-state index in [-0.39, 0.29) is 5.70 Å². The molecule has 0 rings (SSSR count). The first-order valence-electron chi connectivity index (χ1n) is 5.65. The molecule has 17 heavy (non-hydrogen) atoms. The van der Waals surface area contributed by atoms with Crippen LogP contribution in [0.25, 0.3) is 0 Å². The standard InChI is InChI=1S/C11H22N4O2/c1-4-8(14-3)9(12)10(11(13)16)15-6-7-17-5-2/h15H,4-7,12H2,1-3H3,(H2,13,16)/b10-9+,14-8-. The van der Waals surface area contributed by atoms with Crippen molar-refractivity contribution in [3.05, 3.63) is 11.4 Å². The van der Waals surface area contributed by atoms with Gasteiger partial charge in [0.1, 0.15) is 5.70 Å². The van der Waals surface area contributed by atoms with Crippen molar-refractivity contribution in [2.45, 2.75) is 20.3 Å². The van der Waals surface area contributed by atoms with E-state index in [9.17, 15) is 4.79 Å². The van der Waals surface area contributed by atoms with Gasteiger partial charge in [-0.05, 0) is 13.3 Å². The van der Waals surface area contributed by atoms with E-state index < -0.39 is 5.91 Å². The molecule has 0 fully saturated rings. The van der Waals surface area contributed by atoms with Crippen LogP contribution >= 0.6 is 0 Å². The van der Waals surface area contributed by atoms with Crippen molar-refractivity contribution in [1.29, 1.82) is 0 Å². The van der Waals surface area contributed by atoms with E-state index in [0.717, 1.165) is 0 Å². The number of hydrogen-bond donors (Lipinski definition) is 3. The van der Waals surface area contributed by atoms with Crippen LogP contribution in [0.1, 0.15) is 20.3 Å². The number of allylic oxidation sites excluding steroid dienone is 1. The van der Waals surface area contributed by atoms with E-state index in [1.807, 2.05) is 13.8 Å². The zero-order chi connectivity index (χ0) is 13.3. The lowest BCUT2D eigenvalue weighted by atomic mass is 10.1. The molecule has 0 unspecified atom stereocenters. The van der Waals surface area contributed by atoms with Crippen LogP contribution in [0.4, 0.5) is 0 Å². The Bertz CT molecular complexity index is 311. The number of carbonyl (C=O) groups excluding carboxylic acids is 1. The molecule has 6 nitrogen and oxygen atoms in total. The van der Waals surface area contributed by atoms with Crippen LogP contribution in [0.3, 0.4) is 0 Å². The van der Waals surface area contributed by atoms with Crippen molar-refractivity contribution in [2.75, 3.05) is 26.8 Å². The first-order valence-corrected chi connectivity index (χ1v) is 5.65. The zero-order valence-corrected chi connectivity index (χ0v) is 10.7. The van der Waals surface area contributed by atoms with Gasteiger partial charge in [-0.2, -0.15) is 0 Å². The highest BCUT2D eigenvalue weighted by Crippen LogP contribution is 2.01. The Hall–Kier alpha value is -1.56. The summed E-state index contributed by atoms with van der Waals surface area (Å²) in [4.78, 5) is 15.3. The topological polar surface area (TPSA) is 103 Å². The predicted molar refractivity (Wildman–Crippen MR) is 68.6 cm³/mol. The van der Waals surface area contributed by atoms with Crippen molar-refractivity contribution >= 4 is 11.6 Å². The third kappa shape index (κ3) is 5.35. The van der Waals surface area contributed by atoms with E-state index in [4.69, 9.17) is 16.2 Å². The summed E-state index contributed by atoms with van der Waals surface area (Å²) in [7, 11) is 1.63. The molecular weight excluding hydrogens is 220 g/mol. The fraction of sp³-hybridized carbons (Fsp3) is 0.636. The number of carbonyl (C=O) groups is 1. The summed E-state index contributed by atoms with van der Waals surface area (Å²) in [6.07, 6.45) is 0.645. The van der Waals surface area contributed by atoms with Crippen LogP contribution in [0.15, 0.2) is 16.4 Å². The normalized spacial score (nSPS) is 13.2. The molecule has 0 radical (unpaired) electrons. The molecule has 0 aromatic heterocycles. The summed E-state index contributed by atoms with van der Waals surface area (Å²) in [5.74, 6) is -0.589. The number of rotatable bonds is 8. The van der Waals surface area contributed by atoms with Crippen LogP contribution in [0.5, 0.6) is 0 Å². The second-order valence-electron chi connectivity index (χ2n) is 3.30. The minimum Gasteiger partial charge on any atom is -0.395 e. The Morgan fingerprint density at radius 1 is 1.35 bits per heavy atom. The number of nitrogens with one attached hydrogen (secondary N) is 1. The van der Waals surface area contributed by atoms with E-state index in [1.54, 1.807) is 7.05 Å². The molecule has 6 heteroatoms. The minimum atomic E-state index is -0.589. The molecule has 0 saturated heterocycles. The van der Waals surface area contributed by atoms with Crippen molar-refractivity contribution in [3.8, 4) is 0 Å². The summed E-state index contributed by atoms with van der Waals surface area (Å²) >= 11 is 0. The highest BCUT2D eigenvalue weighted by molar-refractivity contribution is 6.06. The summed E-state index contributed by atoms with van der Waals surface area (Å²) in [6, 6.07) is 0. The fourth-order valence-corrected chi connectivity index (χ4v) is 1.32. The molecule has 0 atom stereocenters. The van der Waals surface area contributed by atoms with Crippen LogP contribution in [0.2, 0.25) is 0 Å². The summed E-state index contributed by atoms with van der Waals surface area (Å²) in [6.45, 7) is 5.41. The average Bonchev–Trinajstić information content (AvgIpc) is 2.30. The maximum Gasteiger partial charge on any atom is 0.266 e. The molecule has 1 amide bonds. The van der Waals surface area contributed by atoms with Gasteiger partial charge in [0.25, 0.3) is 5.91 Å². The molecular formula is C11H22N4O2. The Labute approximate surface area is 102 Å². The molecule has 0 saturated carbocycles. The number of primary amides is 1. The first kappa shape index (κ1) is 15.4. The van der Waals surface area contributed by atoms with Crippen LogP contribution in [-0.4, -0.2) is 38.4 Å². The van der Waals surface area contributed by atoms with Crippen molar-refractivity contribution in [3.63, 3.8) is 0 Å². The second-order valence-corrected chi connectivity index (χ2v) is 3.30. The SMILES string of the molecule is CCOCCN/C(C(N)=O)=C(N)\C(CC)=N/C. The van der Waals surface area contributed by atoms with Gasteiger partial charge in [0.2, 0.25) is 0 Å². The molecule has 0 heterocycles. The molecule has 0 aromatic rings. The van der Waals surface area contributed by atoms with Crippen LogP contribution in [0, 0.1) is 0 Å². The van der Waals surface area contributed by atoms with Gasteiger partial charge in [-0.25, -0.2) is 0 Å². The summed E-state index contributed by atoms with van der Waals surface area (Å²) in [5, 5.41) is 2.88. The molecule has 0 aliphatic carbocycles. The second kappa shape index (κ2) is 8.58. The third-order valence-corrected chi connectivity index (χ3v) is 2.18. The van der Waals surface area contributed by atoms with Gasteiger partial charge in [-0.3, -0.25) is 9.79 Å². The third-order valence-electron chi connectivity index (χ3n) is 2.18. The maximum absolute atomic E-state index is 11.3. The Morgan fingerprint density at radius 2 is 2.00 bits per heavy atom. The Kier molecular flexibility index (Phi) is 7.79. The number of amides is 1. The molecule has 5 N–H and O–H groups in total. The van der Waals surface area contributed by atoms with E-state index in [0.29, 0.717) is 37.6 Å². The van der Waals surface area contributed by atoms with E-state index in [1.165, 1.54) is 0 Å². The monoisotopic (exact) mass is 242 g/mol. The van der Waals surface area contributed by atoms with Gasteiger partial charge in [0.15, 0.2) is 0 Å². The van der Waals surface area contributed by atoms with Crippen molar-refractivity contribution in [1.82, 2.24) is 5.32 Å². The highest BCUT2D eigenvalue weighted by Gasteiger charge is 2.12. The van der Waals surface area contributed by atoms with Crippen LogP contribution < -0.4 is 16.8 Å². The smallest absolute Gasteiger partial charge is 0.266 e. The van der Waals surface area contributed by atoms with Crippen LogP contribution in [-0.2, 0) is 9.53 Å². The molecule has 0 spiro atoms. The molecule has 0 bridgehead atoms. The number of ether oxygens (including phenoxy) is 1. The Morgan fingerprint density at radius 3 is 2.41 bits per heavy atom. The number of nitrogens with zero attached hydrogens (tertiary/aromatic N) is 1. The largest absolute Gasteiger partial charge is 0.395 e. The van der Waals surface area contributed by atoms with Gasteiger partial charge in [0.05, 0.1) is 18.0 Å². The van der Waals surface area contributed by atoms with E-state index in [2.05, 4.69) is 10.3 Å². The Balaban J connectivity index is 4.71. The highest BCUT2D eigenvalue weighted by atomic mass is 16.5. The molecule has 0 aliphatic rings. The van der Waals surface area contributed by atoms with E-state index >= 15 is 0 Å². The number of aliphatic imine (C=N–C) groups is 1. The number of nitrogens with two attached hydrogens (primary N) is 2. The van der Waals surface area contributed by atoms with Gasteiger partial charge in [-0.15, -0.1) is 0 Å². The minimum absolute atomic E-state index is 0.201. The lowest BCUT2D eigenvalue weighted by molar-refractivity contribution is -0.115. The van der Waals surface area contributed by atoms with Gasteiger partial charge >= 0.3 is 0 Å². The van der Waals surface area contributed by atoms with Gasteiger partial charge < -0.3 is 21.5 Å². The molecule has 0 aromatic carbocycles. The van der Waals surface area contributed by atoms with Gasteiger partial charge in [0, 0.05) is 20.2 Å². The van der Waals surface area contributed by atoms with Crippen molar-refractivity contribution < 1.29 is 9.53 Å². The molecule has 98 valence electrons. The van der Waals surface area contributed by atoms with Gasteiger partial charge in [-0.1, -0.05) is 6.92 Å². The lowest BCUT2D eigenvalue weighted by Gasteiger charge is -2.12.